The zero-order valence-corrected chi connectivity index (χ0v) is 20.1. The van der Waals surface area contributed by atoms with Crippen molar-refractivity contribution in [1.29, 1.82) is 0 Å². The summed E-state index contributed by atoms with van der Waals surface area (Å²) in [7, 11) is 0. The molecule has 0 radical (unpaired) electrons. The van der Waals surface area contributed by atoms with E-state index < -0.39 is 6.10 Å². The molecule has 1 atom stereocenters. The van der Waals surface area contributed by atoms with Crippen LogP contribution in [0.1, 0.15) is 62.9 Å². The van der Waals surface area contributed by atoms with Gasteiger partial charge in [-0.05, 0) is 57.6 Å². The second kappa shape index (κ2) is 12.5. The summed E-state index contributed by atoms with van der Waals surface area (Å²) in [6.45, 7) is 10.6. The molecule has 31 heavy (non-hydrogen) atoms. The molecule has 0 saturated heterocycles. The minimum absolute atomic E-state index is 0.321. The highest BCUT2D eigenvalue weighted by molar-refractivity contribution is 8.07. The van der Waals surface area contributed by atoms with Crippen molar-refractivity contribution in [2.45, 2.75) is 53.6 Å². The number of allylic oxidation sites excluding steroid dienone is 1. The second-order valence-electron chi connectivity index (χ2n) is 6.83. The molecule has 168 valence electrons. The Kier molecular flexibility index (Phi) is 10.0. The number of ether oxygens (including phenoxy) is 2. The number of carbonyl (C=O) groups is 1. The van der Waals surface area contributed by atoms with Crippen LogP contribution in [-0.2, 0) is 20.7 Å². The Bertz CT molecular complexity index is 898. The van der Waals surface area contributed by atoms with E-state index in [4.69, 9.17) is 19.4 Å². The van der Waals surface area contributed by atoms with Gasteiger partial charge < -0.3 is 14.8 Å². The van der Waals surface area contributed by atoms with Crippen LogP contribution in [0.5, 0.6) is 0 Å². The van der Waals surface area contributed by atoms with E-state index in [1.54, 1.807) is 18.7 Å². The van der Waals surface area contributed by atoms with E-state index in [1.807, 2.05) is 44.4 Å². The number of esters is 1. The number of hydrogen-bond acceptors (Lipinski definition) is 7. The summed E-state index contributed by atoms with van der Waals surface area (Å²) < 4.78 is 10.7. The molecular formula is C24H33N3O3S. The molecule has 0 spiro atoms. The summed E-state index contributed by atoms with van der Waals surface area (Å²) in [5.74, 6) is 1.17. The van der Waals surface area contributed by atoms with Crippen molar-refractivity contribution >= 4 is 34.1 Å². The molecule has 0 bridgehead atoms. The Morgan fingerprint density at radius 3 is 2.39 bits per heavy atom. The highest BCUT2D eigenvalue weighted by Gasteiger charge is 2.22. The van der Waals surface area contributed by atoms with Gasteiger partial charge in [0.2, 0.25) is 0 Å². The number of benzene rings is 1. The Hall–Kier alpha value is -2.38. The zero-order valence-electron chi connectivity index (χ0n) is 19.3. The first-order valence-corrected chi connectivity index (χ1v) is 12.0. The van der Waals surface area contributed by atoms with Gasteiger partial charge in [-0.1, -0.05) is 32.1 Å². The zero-order chi connectivity index (χ0) is 22.8. The molecule has 1 N–H and O–H groups in total. The van der Waals surface area contributed by atoms with Crippen molar-refractivity contribution in [1.82, 2.24) is 9.97 Å². The maximum Gasteiger partial charge on any atom is 0.339 e. The average molecular weight is 444 g/mol. The number of carbonyl (C=O) groups excluding carboxylic acids is 1. The third kappa shape index (κ3) is 6.55. The van der Waals surface area contributed by atoms with Crippen LogP contribution in [0.25, 0.3) is 4.91 Å². The number of nitrogens with zero attached hydrogens (tertiary/aromatic N) is 2. The predicted octanol–water partition coefficient (Wildman–Crippen LogP) is 5.85. The topological polar surface area (TPSA) is 73.3 Å². The number of thioether (sulfide) groups is 1. The molecule has 0 aliphatic heterocycles. The summed E-state index contributed by atoms with van der Waals surface area (Å²) in [5, 5.41) is 3.43. The summed E-state index contributed by atoms with van der Waals surface area (Å²) in [6.07, 6.45) is 5.22. The molecule has 7 heteroatoms. The molecule has 2 aromatic rings. The van der Waals surface area contributed by atoms with Gasteiger partial charge in [0.25, 0.3) is 0 Å². The monoisotopic (exact) mass is 443 g/mol. The second-order valence-corrected chi connectivity index (χ2v) is 7.68. The lowest BCUT2D eigenvalue weighted by Crippen LogP contribution is -2.19. The number of aryl methyl sites for hydroxylation is 1. The molecule has 2 rings (SSSR count). The third-order valence-electron chi connectivity index (χ3n) is 4.71. The lowest BCUT2D eigenvalue weighted by Gasteiger charge is -2.17. The van der Waals surface area contributed by atoms with Gasteiger partial charge in [0.1, 0.15) is 5.82 Å². The van der Waals surface area contributed by atoms with Gasteiger partial charge in [-0.3, -0.25) is 0 Å². The number of nitrogens with one attached hydrogen (secondary N) is 1. The van der Waals surface area contributed by atoms with Crippen LogP contribution >= 0.6 is 11.8 Å². The Morgan fingerprint density at radius 1 is 1.13 bits per heavy atom. The van der Waals surface area contributed by atoms with Gasteiger partial charge in [-0.2, -0.15) is 0 Å². The molecular weight excluding hydrogens is 410 g/mol. The van der Waals surface area contributed by atoms with Crippen LogP contribution in [0.3, 0.4) is 0 Å². The van der Waals surface area contributed by atoms with Crippen LogP contribution in [0.2, 0.25) is 0 Å². The summed E-state index contributed by atoms with van der Waals surface area (Å²) >= 11 is 1.65. The highest BCUT2D eigenvalue weighted by Crippen LogP contribution is 2.29. The van der Waals surface area contributed by atoms with Crippen molar-refractivity contribution in [3.05, 3.63) is 53.0 Å². The van der Waals surface area contributed by atoms with E-state index in [0.29, 0.717) is 13.2 Å². The van der Waals surface area contributed by atoms with E-state index in [9.17, 15) is 4.79 Å². The normalized spacial score (nSPS) is 12.5. The molecule has 0 aliphatic carbocycles. The van der Waals surface area contributed by atoms with E-state index in [2.05, 4.69) is 25.2 Å². The SMILES string of the molecule is CC/C=C(\SC)c1nc(C)c(CC)c(Nc2ccc(C(OCC)C(=O)OCC)cc2)n1. The third-order valence-corrected chi connectivity index (χ3v) is 5.50. The maximum absolute atomic E-state index is 12.2. The van der Waals surface area contributed by atoms with Gasteiger partial charge in [-0.25, -0.2) is 14.8 Å². The lowest BCUT2D eigenvalue weighted by molar-refractivity contribution is -0.157. The van der Waals surface area contributed by atoms with E-state index in [-0.39, 0.29) is 5.97 Å². The average Bonchev–Trinajstić information content (AvgIpc) is 2.76. The Balaban J connectivity index is 2.34. The molecule has 1 aromatic heterocycles. The molecule has 1 unspecified atom stereocenters. The summed E-state index contributed by atoms with van der Waals surface area (Å²) in [4.78, 5) is 22.8. The molecule has 0 aliphatic rings. The van der Waals surface area contributed by atoms with E-state index in [1.165, 1.54) is 0 Å². The highest BCUT2D eigenvalue weighted by atomic mass is 32.2. The maximum atomic E-state index is 12.2. The Morgan fingerprint density at radius 2 is 1.84 bits per heavy atom. The summed E-state index contributed by atoms with van der Waals surface area (Å²) in [5.41, 5.74) is 3.70. The molecule has 1 heterocycles. The largest absolute Gasteiger partial charge is 0.464 e. The first-order valence-electron chi connectivity index (χ1n) is 10.8. The first kappa shape index (κ1) is 24.9. The van der Waals surface area contributed by atoms with Crippen molar-refractivity contribution < 1.29 is 14.3 Å². The number of rotatable bonds is 11. The van der Waals surface area contributed by atoms with Crippen LogP contribution in [0, 0.1) is 6.92 Å². The van der Waals surface area contributed by atoms with Gasteiger partial charge in [-0.15, -0.1) is 11.8 Å². The number of anilines is 2. The Labute approximate surface area is 189 Å². The van der Waals surface area contributed by atoms with Crippen molar-refractivity contribution in [3.63, 3.8) is 0 Å². The molecule has 6 nitrogen and oxygen atoms in total. The van der Waals surface area contributed by atoms with E-state index >= 15 is 0 Å². The minimum Gasteiger partial charge on any atom is -0.464 e. The molecule has 0 fully saturated rings. The first-order chi connectivity index (χ1) is 15.0. The van der Waals surface area contributed by atoms with Gasteiger partial charge in [0.15, 0.2) is 11.9 Å². The van der Waals surface area contributed by atoms with Crippen molar-refractivity contribution in [2.24, 2.45) is 0 Å². The molecule has 0 saturated carbocycles. The van der Waals surface area contributed by atoms with Crippen molar-refractivity contribution in [2.75, 3.05) is 24.8 Å². The predicted molar refractivity (Wildman–Crippen MR) is 129 cm³/mol. The number of aromatic nitrogens is 2. The van der Waals surface area contributed by atoms with Crippen LogP contribution in [0.4, 0.5) is 11.5 Å². The molecule has 1 aromatic carbocycles. The van der Waals surface area contributed by atoms with Crippen LogP contribution < -0.4 is 5.32 Å². The van der Waals surface area contributed by atoms with Gasteiger partial charge in [0.05, 0.1) is 6.61 Å². The van der Waals surface area contributed by atoms with Gasteiger partial charge >= 0.3 is 5.97 Å². The number of hydrogen-bond donors (Lipinski definition) is 1. The fourth-order valence-corrected chi connectivity index (χ4v) is 3.85. The smallest absolute Gasteiger partial charge is 0.339 e. The van der Waals surface area contributed by atoms with Crippen LogP contribution in [0.15, 0.2) is 30.3 Å². The quantitative estimate of drug-likeness (QED) is 0.437. The standard InChI is InChI=1S/C24H33N3O3S/c1-7-11-20(31-6)23-25-16(5)19(8-2)22(27-23)26-18-14-12-17(13-15-18)21(29-9-3)24(28)30-10-4/h11-15,21H,7-10H2,1-6H3,(H,25,26,27)/b20-11-. The fourth-order valence-electron chi connectivity index (χ4n) is 3.25. The molecule has 0 amide bonds. The lowest BCUT2D eigenvalue weighted by atomic mass is 10.1. The van der Waals surface area contributed by atoms with Gasteiger partial charge in [0, 0.05) is 28.5 Å². The minimum atomic E-state index is -0.721. The summed E-state index contributed by atoms with van der Waals surface area (Å²) in [6, 6.07) is 7.61. The fraction of sp³-hybridized carbons (Fsp3) is 0.458. The van der Waals surface area contributed by atoms with Crippen molar-refractivity contribution in [3.8, 4) is 0 Å². The van der Waals surface area contributed by atoms with E-state index in [0.717, 1.165) is 51.9 Å². The van der Waals surface area contributed by atoms with Crippen LogP contribution in [-0.4, -0.2) is 35.4 Å².